The Labute approximate surface area is 109 Å². The van der Waals surface area contributed by atoms with Crippen LogP contribution >= 0.6 is 0 Å². The van der Waals surface area contributed by atoms with E-state index in [0.717, 1.165) is 12.1 Å². The number of halogens is 4. The van der Waals surface area contributed by atoms with Gasteiger partial charge in [-0.2, -0.15) is 0 Å². The molecule has 0 radical (unpaired) electrons. The van der Waals surface area contributed by atoms with Gasteiger partial charge in [-0.15, -0.1) is 13.2 Å². The van der Waals surface area contributed by atoms with E-state index in [2.05, 4.69) is 10.1 Å². The van der Waals surface area contributed by atoms with Crippen molar-refractivity contribution in [3.63, 3.8) is 0 Å². The molecule has 0 amide bonds. The van der Waals surface area contributed by atoms with Crippen LogP contribution in [0, 0.1) is 0 Å². The molecule has 0 aliphatic heterocycles. The minimum absolute atomic E-state index is 0.0268. The molecule has 0 saturated heterocycles. The molecule has 6 heteroatoms. The Kier molecular flexibility index (Phi) is 4.79. The molecule has 0 aliphatic carbocycles. The summed E-state index contributed by atoms with van der Waals surface area (Å²) >= 11 is 0. The average Bonchev–Trinajstić information content (AvgIpc) is 2.23. The second kappa shape index (κ2) is 5.77. The zero-order valence-corrected chi connectivity index (χ0v) is 11.0. The van der Waals surface area contributed by atoms with E-state index in [9.17, 15) is 17.6 Å². The normalized spacial score (nSPS) is 14.3. The molecule has 0 aliphatic rings. The number of ether oxygens (including phenoxy) is 1. The van der Waals surface area contributed by atoms with Gasteiger partial charge < -0.3 is 10.1 Å². The van der Waals surface area contributed by atoms with Crippen molar-refractivity contribution in [3.05, 3.63) is 29.8 Å². The first-order chi connectivity index (χ1) is 8.57. The van der Waals surface area contributed by atoms with E-state index in [4.69, 9.17) is 0 Å². The van der Waals surface area contributed by atoms with Crippen LogP contribution in [0.2, 0.25) is 0 Å². The Bertz CT molecular complexity index is 412. The lowest BCUT2D eigenvalue weighted by molar-refractivity contribution is -0.274. The molecule has 1 rings (SSSR count). The van der Waals surface area contributed by atoms with Crippen LogP contribution in [0.15, 0.2) is 24.3 Å². The van der Waals surface area contributed by atoms with Crippen LogP contribution in [0.3, 0.4) is 0 Å². The lowest BCUT2D eigenvalue weighted by Crippen LogP contribution is -2.37. The minimum Gasteiger partial charge on any atom is -0.406 e. The molecule has 1 aromatic carbocycles. The van der Waals surface area contributed by atoms with Crippen LogP contribution in [0.1, 0.15) is 32.5 Å². The highest BCUT2D eigenvalue weighted by atomic mass is 19.4. The van der Waals surface area contributed by atoms with E-state index >= 15 is 0 Å². The van der Waals surface area contributed by atoms with Crippen LogP contribution in [-0.4, -0.2) is 18.4 Å². The van der Waals surface area contributed by atoms with Crippen LogP contribution in [-0.2, 0) is 0 Å². The van der Waals surface area contributed by atoms with Gasteiger partial charge in [-0.1, -0.05) is 12.1 Å². The highest BCUT2D eigenvalue weighted by molar-refractivity contribution is 5.30. The molecule has 1 unspecified atom stereocenters. The van der Waals surface area contributed by atoms with E-state index in [1.54, 1.807) is 0 Å². The Hall–Kier alpha value is -1.30. The van der Waals surface area contributed by atoms with Crippen molar-refractivity contribution in [1.82, 2.24) is 5.32 Å². The zero-order valence-electron chi connectivity index (χ0n) is 11.0. The lowest BCUT2D eigenvalue weighted by Gasteiger charge is -2.22. The molecule has 1 N–H and O–H groups in total. The average molecular weight is 279 g/mol. The van der Waals surface area contributed by atoms with Gasteiger partial charge in [-0.25, -0.2) is 4.39 Å². The fourth-order valence-electron chi connectivity index (χ4n) is 1.42. The monoisotopic (exact) mass is 279 g/mol. The van der Waals surface area contributed by atoms with Gasteiger partial charge in [0.25, 0.3) is 0 Å². The van der Waals surface area contributed by atoms with Crippen molar-refractivity contribution >= 4 is 0 Å². The fraction of sp³-hybridized carbons (Fsp3) is 0.538. The quantitative estimate of drug-likeness (QED) is 0.842. The molecule has 108 valence electrons. The molecule has 19 heavy (non-hydrogen) atoms. The highest BCUT2D eigenvalue weighted by Gasteiger charge is 2.31. The van der Waals surface area contributed by atoms with E-state index in [0.29, 0.717) is 0 Å². The number of nitrogens with one attached hydrogen (secondary N) is 1. The van der Waals surface area contributed by atoms with E-state index in [1.807, 2.05) is 20.8 Å². The van der Waals surface area contributed by atoms with E-state index < -0.39 is 18.3 Å². The third-order valence-corrected chi connectivity index (χ3v) is 2.26. The maximum Gasteiger partial charge on any atom is 0.573 e. The maximum absolute atomic E-state index is 13.9. The molecule has 2 nitrogen and oxygen atoms in total. The smallest absolute Gasteiger partial charge is 0.406 e. The molecule has 0 saturated carbocycles. The summed E-state index contributed by atoms with van der Waals surface area (Å²) in [6, 6.07) is 4.96. The summed E-state index contributed by atoms with van der Waals surface area (Å²) in [5, 5.41) is 2.95. The van der Waals surface area contributed by atoms with Crippen molar-refractivity contribution in [2.24, 2.45) is 0 Å². The number of hydrogen-bond acceptors (Lipinski definition) is 2. The SMILES string of the molecule is CC(C)(C)NCC(F)c1cccc(OC(F)(F)F)c1. The molecule has 1 aromatic rings. The first kappa shape index (κ1) is 15.8. The Morgan fingerprint density at radius 1 is 1.21 bits per heavy atom. The van der Waals surface area contributed by atoms with Gasteiger partial charge >= 0.3 is 6.36 Å². The van der Waals surface area contributed by atoms with Gasteiger partial charge in [0, 0.05) is 12.1 Å². The zero-order chi connectivity index (χ0) is 14.7. The van der Waals surface area contributed by atoms with Crippen LogP contribution in [0.4, 0.5) is 17.6 Å². The first-order valence-corrected chi connectivity index (χ1v) is 5.82. The van der Waals surface area contributed by atoms with Crippen molar-refractivity contribution in [2.45, 2.75) is 38.8 Å². The molecule has 0 fully saturated rings. The Morgan fingerprint density at radius 2 is 1.84 bits per heavy atom. The van der Waals surface area contributed by atoms with Gasteiger partial charge in [-0.05, 0) is 38.5 Å². The van der Waals surface area contributed by atoms with Crippen molar-refractivity contribution in [3.8, 4) is 5.75 Å². The first-order valence-electron chi connectivity index (χ1n) is 5.82. The molecule has 0 bridgehead atoms. The third-order valence-electron chi connectivity index (χ3n) is 2.26. The van der Waals surface area contributed by atoms with Crippen LogP contribution < -0.4 is 10.1 Å². The maximum atomic E-state index is 13.9. The fourth-order valence-corrected chi connectivity index (χ4v) is 1.42. The van der Waals surface area contributed by atoms with Crippen LogP contribution in [0.25, 0.3) is 0 Å². The second-order valence-corrected chi connectivity index (χ2v) is 5.22. The summed E-state index contributed by atoms with van der Waals surface area (Å²) in [6.45, 7) is 5.66. The molecule has 1 atom stereocenters. The predicted octanol–water partition coefficient (Wildman–Crippen LogP) is 3.98. The summed E-state index contributed by atoms with van der Waals surface area (Å²) in [5.41, 5.74) is -0.108. The largest absolute Gasteiger partial charge is 0.573 e. The number of benzene rings is 1. The molecule has 0 spiro atoms. The van der Waals surface area contributed by atoms with Crippen molar-refractivity contribution in [1.29, 1.82) is 0 Å². The minimum atomic E-state index is -4.77. The molecule has 0 heterocycles. The topological polar surface area (TPSA) is 21.3 Å². The third kappa shape index (κ3) is 6.42. The van der Waals surface area contributed by atoms with Gasteiger partial charge in [0.05, 0.1) is 0 Å². The van der Waals surface area contributed by atoms with Gasteiger partial charge in [0.2, 0.25) is 0 Å². The Balaban J connectivity index is 2.70. The summed E-state index contributed by atoms with van der Waals surface area (Å²) in [7, 11) is 0. The van der Waals surface area contributed by atoms with Gasteiger partial charge in [0.1, 0.15) is 11.9 Å². The predicted molar refractivity (Wildman–Crippen MR) is 64.7 cm³/mol. The summed E-state index contributed by atoms with van der Waals surface area (Å²) in [5.74, 6) is -0.414. The van der Waals surface area contributed by atoms with E-state index in [1.165, 1.54) is 12.1 Å². The van der Waals surface area contributed by atoms with Crippen LogP contribution in [0.5, 0.6) is 5.75 Å². The summed E-state index contributed by atoms with van der Waals surface area (Å²) < 4.78 is 53.8. The second-order valence-electron chi connectivity index (χ2n) is 5.22. The Morgan fingerprint density at radius 3 is 2.37 bits per heavy atom. The molecule has 0 aromatic heterocycles. The van der Waals surface area contributed by atoms with Gasteiger partial charge in [-0.3, -0.25) is 0 Å². The molecular formula is C13H17F4NO. The number of alkyl halides is 4. The molecular weight excluding hydrogens is 262 g/mol. The summed E-state index contributed by atoms with van der Waals surface area (Å²) in [6.07, 6.45) is -6.16. The number of hydrogen-bond donors (Lipinski definition) is 1. The van der Waals surface area contributed by atoms with Crippen molar-refractivity contribution in [2.75, 3.05) is 6.54 Å². The number of rotatable bonds is 4. The van der Waals surface area contributed by atoms with E-state index in [-0.39, 0.29) is 17.6 Å². The highest BCUT2D eigenvalue weighted by Crippen LogP contribution is 2.26. The van der Waals surface area contributed by atoms with Gasteiger partial charge in [0.15, 0.2) is 0 Å². The standard InChI is InChI=1S/C13H17F4NO/c1-12(2,3)18-8-11(14)9-5-4-6-10(7-9)19-13(15,16)17/h4-7,11,18H,8H2,1-3H3. The lowest BCUT2D eigenvalue weighted by atomic mass is 10.1. The summed E-state index contributed by atoms with van der Waals surface area (Å²) in [4.78, 5) is 0. The van der Waals surface area contributed by atoms with Crippen molar-refractivity contribution < 1.29 is 22.3 Å².